The van der Waals surface area contributed by atoms with Crippen molar-refractivity contribution in [3.63, 3.8) is 0 Å². The first-order valence-corrected chi connectivity index (χ1v) is 14.3. The Morgan fingerprint density at radius 2 is 1.87 bits per heavy atom. The molecule has 170 valence electrons. The minimum absolute atomic E-state index is 0.108. The van der Waals surface area contributed by atoms with Crippen LogP contribution in [0.2, 0.25) is 18.1 Å². The van der Waals surface area contributed by atoms with Gasteiger partial charge in [-0.2, -0.15) is 0 Å². The molecule has 0 amide bonds. The van der Waals surface area contributed by atoms with Gasteiger partial charge in [-0.05, 0) is 56.9 Å². The summed E-state index contributed by atoms with van der Waals surface area (Å²) in [4.78, 5) is 2.49. The second-order valence-electron chi connectivity index (χ2n) is 10.9. The number of ether oxygens (including phenoxy) is 2. The summed E-state index contributed by atoms with van der Waals surface area (Å²) >= 11 is 0. The maximum Gasteiger partial charge on any atom is 0.192 e. The fourth-order valence-electron chi connectivity index (χ4n) is 4.26. The van der Waals surface area contributed by atoms with Crippen molar-refractivity contribution in [2.75, 3.05) is 13.2 Å². The third kappa shape index (κ3) is 5.53. The highest BCUT2D eigenvalue weighted by atomic mass is 28.4. The van der Waals surface area contributed by atoms with Crippen molar-refractivity contribution in [1.29, 1.82) is 0 Å². The first-order valence-electron chi connectivity index (χ1n) is 11.4. The van der Waals surface area contributed by atoms with Crippen molar-refractivity contribution >= 4 is 8.32 Å². The normalized spacial score (nSPS) is 28.7. The van der Waals surface area contributed by atoms with Crippen LogP contribution in [0.25, 0.3) is 0 Å². The molecular formula is C24H41NO4Si. The minimum atomic E-state index is -1.94. The fourth-order valence-corrected chi connectivity index (χ4v) is 5.28. The van der Waals surface area contributed by atoms with E-state index in [-0.39, 0.29) is 23.3 Å². The van der Waals surface area contributed by atoms with Gasteiger partial charge in [-0.15, -0.1) is 0 Å². The third-order valence-corrected chi connectivity index (χ3v) is 11.5. The Bertz CT molecular complexity index is 688. The first kappa shape index (κ1) is 23.9. The van der Waals surface area contributed by atoms with Crippen LogP contribution in [-0.2, 0) is 20.4 Å². The molecule has 0 saturated carbocycles. The Hall–Kier alpha value is -0.763. The van der Waals surface area contributed by atoms with Gasteiger partial charge >= 0.3 is 0 Å². The number of nitrogens with zero attached hydrogens (tertiary/aromatic N) is 1. The van der Waals surface area contributed by atoms with E-state index in [4.69, 9.17) is 13.9 Å². The van der Waals surface area contributed by atoms with Crippen LogP contribution in [-0.4, -0.2) is 61.6 Å². The van der Waals surface area contributed by atoms with Crippen molar-refractivity contribution in [3.8, 4) is 0 Å². The van der Waals surface area contributed by atoms with Crippen molar-refractivity contribution in [1.82, 2.24) is 4.90 Å². The van der Waals surface area contributed by atoms with E-state index >= 15 is 0 Å². The molecule has 0 radical (unpaired) electrons. The third-order valence-electron chi connectivity index (χ3n) is 6.99. The van der Waals surface area contributed by atoms with E-state index in [9.17, 15) is 5.11 Å². The van der Waals surface area contributed by atoms with Gasteiger partial charge in [0.1, 0.15) is 18.3 Å². The molecule has 1 N–H and O–H groups in total. The number of hydrogen-bond donors (Lipinski definition) is 1. The number of aliphatic hydroxyl groups is 1. The van der Waals surface area contributed by atoms with Gasteiger partial charge in [0.25, 0.3) is 0 Å². The molecule has 0 aromatic heterocycles. The lowest BCUT2D eigenvalue weighted by atomic mass is 9.99. The Morgan fingerprint density at radius 3 is 2.50 bits per heavy atom. The lowest BCUT2D eigenvalue weighted by Crippen LogP contribution is -2.50. The Kier molecular flexibility index (Phi) is 7.17. The molecule has 30 heavy (non-hydrogen) atoms. The molecule has 6 heteroatoms. The summed E-state index contributed by atoms with van der Waals surface area (Å²) in [6.07, 6.45) is 0.949. The Morgan fingerprint density at radius 1 is 1.20 bits per heavy atom. The molecule has 2 aliphatic heterocycles. The van der Waals surface area contributed by atoms with Gasteiger partial charge < -0.3 is 19.0 Å². The summed E-state index contributed by atoms with van der Waals surface area (Å²) in [7, 11) is -1.94. The van der Waals surface area contributed by atoms with E-state index in [1.54, 1.807) is 0 Å². The molecule has 1 aromatic rings. The maximum atomic E-state index is 11.1. The van der Waals surface area contributed by atoms with Crippen LogP contribution in [0, 0.1) is 0 Å². The second kappa shape index (κ2) is 9.00. The van der Waals surface area contributed by atoms with Crippen LogP contribution in [0.15, 0.2) is 30.3 Å². The lowest BCUT2D eigenvalue weighted by molar-refractivity contribution is -0.159. The van der Waals surface area contributed by atoms with Crippen LogP contribution >= 0.6 is 0 Å². The van der Waals surface area contributed by atoms with Crippen molar-refractivity contribution in [2.24, 2.45) is 0 Å². The maximum absolute atomic E-state index is 11.1. The topological polar surface area (TPSA) is 51.2 Å². The van der Waals surface area contributed by atoms with Crippen molar-refractivity contribution in [2.45, 2.75) is 102 Å². The van der Waals surface area contributed by atoms with Crippen LogP contribution in [0.4, 0.5) is 0 Å². The highest BCUT2D eigenvalue weighted by Gasteiger charge is 2.51. The van der Waals surface area contributed by atoms with E-state index in [1.165, 1.54) is 5.56 Å². The molecule has 0 aliphatic carbocycles. The average molecular weight is 436 g/mol. The zero-order valence-corrected chi connectivity index (χ0v) is 20.9. The van der Waals surface area contributed by atoms with E-state index in [0.717, 1.165) is 25.9 Å². The summed E-state index contributed by atoms with van der Waals surface area (Å²) in [6, 6.07) is 10.8. The molecule has 3 rings (SSSR count). The van der Waals surface area contributed by atoms with Crippen LogP contribution < -0.4 is 0 Å². The highest BCUT2D eigenvalue weighted by Crippen LogP contribution is 2.39. The van der Waals surface area contributed by atoms with Crippen LogP contribution in [0.5, 0.6) is 0 Å². The van der Waals surface area contributed by atoms with Gasteiger partial charge in [0.05, 0.1) is 6.61 Å². The van der Waals surface area contributed by atoms with Crippen molar-refractivity contribution in [3.05, 3.63) is 35.9 Å². The van der Waals surface area contributed by atoms with Gasteiger partial charge in [0.15, 0.2) is 14.1 Å². The van der Waals surface area contributed by atoms with Crippen LogP contribution in [0.3, 0.4) is 0 Å². The number of hydrogen-bond acceptors (Lipinski definition) is 5. The SMILES string of the molecule is CC1(C)O[C@@H]([C@@H]2CCCN2Cc2ccccc2)[C@@H]([C@H](O)CO[Si](C)(C)C(C)(C)C)O1. The molecule has 2 aliphatic rings. The predicted octanol–water partition coefficient (Wildman–Crippen LogP) is 4.55. The molecule has 2 saturated heterocycles. The largest absolute Gasteiger partial charge is 0.414 e. The number of benzene rings is 1. The van der Waals surface area contributed by atoms with E-state index in [0.29, 0.717) is 6.61 Å². The highest BCUT2D eigenvalue weighted by molar-refractivity contribution is 6.74. The molecule has 5 nitrogen and oxygen atoms in total. The van der Waals surface area contributed by atoms with Crippen LogP contribution in [0.1, 0.15) is 53.0 Å². The summed E-state index contributed by atoms with van der Waals surface area (Å²) in [5.74, 6) is -0.700. The summed E-state index contributed by atoms with van der Waals surface area (Å²) in [6.45, 7) is 17.2. The smallest absolute Gasteiger partial charge is 0.192 e. The quantitative estimate of drug-likeness (QED) is 0.637. The molecule has 2 heterocycles. The predicted molar refractivity (Wildman–Crippen MR) is 123 cm³/mol. The minimum Gasteiger partial charge on any atom is -0.414 e. The van der Waals surface area contributed by atoms with Gasteiger partial charge in [0.2, 0.25) is 0 Å². The van der Waals surface area contributed by atoms with Gasteiger partial charge in [-0.3, -0.25) is 4.90 Å². The molecule has 0 bridgehead atoms. The zero-order chi connectivity index (χ0) is 22.2. The van der Waals surface area contributed by atoms with E-state index in [2.05, 4.69) is 69.1 Å². The molecule has 4 atom stereocenters. The van der Waals surface area contributed by atoms with Gasteiger partial charge in [0, 0.05) is 12.6 Å². The number of likely N-dealkylation sites (tertiary alicyclic amines) is 1. The Balaban J connectivity index is 1.70. The first-order chi connectivity index (χ1) is 13.9. The summed E-state index contributed by atoms with van der Waals surface area (Å²) in [5, 5.41) is 11.2. The van der Waals surface area contributed by atoms with Crippen molar-refractivity contribution < 1.29 is 19.0 Å². The number of aliphatic hydroxyl groups excluding tert-OH is 1. The van der Waals surface area contributed by atoms with E-state index < -0.39 is 20.2 Å². The number of rotatable bonds is 7. The molecular weight excluding hydrogens is 394 g/mol. The van der Waals surface area contributed by atoms with E-state index in [1.807, 2.05) is 13.8 Å². The molecule has 0 unspecified atom stereocenters. The van der Waals surface area contributed by atoms with Gasteiger partial charge in [-0.25, -0.2) is 0 Å². The second-order valence-corrected chi connectivity index (χ2v) is 15.7. The molecule has 2 fully saturated rings. The Labute approximate surface area is 183 Å². The zero-order valence-electron chi connectivity index (χ0n) is 19.9. The van der Waals surface area contributed by atoms with Gasteiger partial charge in [-0.1, -0.05) is 51.1 Å². The monoisotopic (exact) mass is 435 g/mol. The molecule has 0 spiro atoms. The average Bonchev–Trinajstić information content (AvgIpc) is 3.23. The molecule has 1 aromatic carbocycles. The summed E-state index contributed by atoms with van der Waals surface area (Å²) < 4.78 is 18.9. The fraction of sp³-hybridized carbons (Fsp3) is 0.750. The standard InChI is InChI=1S/C24H41NO4Si/c1-23(2,3)30(6,7)27-17-20(26)22-21(28-24(4,5)29-22)19-14-11-15-25(19)16-18-12-9-8-10-13-18/h8-10,12-13,19-22,26H,11,14-17H2,1-7H3/t19-,20+,21-,22+/m0/s1. The summed E-state index contributed by atoms with van der Waals surface area (Å²) in [5.41, 5.74) is 1.31. The lowest BCUT2D eigenvalue weighted by Gasteiger charge is -2.38.